The lowest BCUT2D eigenvalue weighted by Crippen LogP contribution is -2.40. The Kier molecular flexibility index (Phi) is 8.32. The minimum Gasteiger partial charge on any atom is -0.497 e. The van der Waals surface area contributed by atoms with Crippen LogP contribution in [0.5, 0.6) is 5.75 Å². The molecule has 0 spiro atoms. The van der Waals surface area contributed by atoms with E-state index in [1.54, 1.807) is 36.9 Å². The number of rotatable bonds is 9. The predicted octanol–water partition coefficient (Wildman–Crippen LogP) is 4.43. The molecule has 206 valence electrons. The number of hydrogen-bond acceptors (Lipinski definition) is 10. The van der Waals surface area contributed by atoms with Crippen LogP contribution >= 0.6 is 23.1 Å². The zero-order valence-corrected chi connectivity index (χ0v) is 24.2. The van der Waals surface area contributed by atoms with Crippen LogP contribution in [0, 0.1) is 6.92 Å². The number of thiazole rings is 1. The third-order valence-corrected chi connectivity index (χ3v) is 7.92. The molecule has 0 bridgehead atoms. The van der Waals surface area contributed by atoms with Gasteiger partial charge in [0.25, 0.3) is 5.56 Å². The van der Waals surface area contributed by atoms with Crippen LogP contribution in [-0.2, 0) is 9.53 Å². The molecule has 11 heteroatoms. The average molecular weight is 577 g/mol. The van der Waals surface area contributed by atoms with E-state index in [1.807, 2.05) is 50.2 Å². The number of fused-ring (bicyclic) bond motifs is 1. The SMILES string of the molecule is CCCC1=C(C(=O)OCC)[C@H](c2cccc(OC)c2)n2c(s/c(=C/c3ccc(Sc4nccc(C)n4)o3)c2=O)=N1. The van der Waals surface area contributed by atoms with Gasteiger partial charge in [-0.05, 0) is 67.9 Å². The zero-order chi connectivity index (χ0) is 28.2. The van der Waals surface area contributed by atoms with Crippen LogP contribution < -0.4 is 19.6 Å². The number of aryl methyl sites for hydroxylation is 1. The first-order valence-corrected chi connectivity index (χ1v) is 14.5. The van der Waals surface area contributed by atoms with Crippen molar-refractivity contribution in [3.8, 4) is 5.75 Å². The highest BCUT2D eigenvalue weighted by Crippen LogP contribution is 2.34. The Hall–Kier alpha value is -3.96. The fourth-order valence-corrected chi connectivity index (χ4v) is 6.17. The van der Waals surface area contributed by atoms with E-state index in [0.29, 0.717) is 48.8 Å². The summed E-state index contributed by atoms with van der Waals surface area (Å²) in [4.78, 5) is 41.1. The number of aromatic nitrogens is 3. The predicted molar refractivity (Wildman–Crippen MR) is 152 cm³/mol. The Morgan fingerprint density at radius 3 is 2.83 bits per heavy atom. The molecule has 0 saturated carbocycles. The lowest BCUT2D eigenvalue weighted by Gasteiger charge is -2.26. The molecule has 0 radical (unpaired) electrons. The fourth-order valence-electron chi connectivity index (χ4n) is 4.41. The van der Waals surface area contributed by atoms with Crippen LogP contribution in [0.3, 0.4) is 0 Å². The lowest BCUT2D eigenvalue weighted by molar-refractivity contribution is -0.139. The van der Waals surface area contributed by atoms with Crippen molar-refractivity contribution in [1.82, 2.24) is 14.5 Å². The molecule has 3 aromatic heterocycles. The van der Waals surface area contributed by atoms with E-state index in [9.17, 15) is 9.59 Å². The average Bonchev–Trinajstić information content (AvgIpc) is 3.51. The third-order valence-electron chi connectivity index (χ3n) is 6.14. The van der Waals surface area contributed by atoms with Gasteiger partial charge in [0.15, 0.2) is 15.1 Å². The smallest absolute Gasteiger partial charge is 0.338 e. The number of carbonyl (C=O) groups excluding carboxylic acids is 1. The van der Waals surface area contributed by atoms with Gasteiger partial charge in [-0.15, -0.1) is 0 Å². The molecule has 1 aliphatic heterocycles. The summed E-state index contributed by atoms with van der Waals surface area (Å²) >= 11 is 2.56. The molecule has 40 heavy (non-hydrogen) atoms. The first kappa shape index (κ1) is 27.6. The third kappa shape index (κ3) is 5.66. The van der Waals surface area contributed by atoms with Crippen LogP contribution in [0.25, 0.3) is 6.08 Å². The highest BCUT2D eigenvalue weighted by Gasteiger charge is 2.34. The Balaban J connectivity index is 1.62. The van der Waals surface area contributed by atoms with Crippen molar-refractivity contribution < 1.29 is 18.7 Å². The molecule has 4 aromatic rings. The molecule has 0 N–H and O–H groups in total. The summed E-state index contributed by atoms with van der Waals surface area (Å²) in [5.41, 5.74) is 2.30. The molecular weight excluding hydrogens is 548 g/mol. The second-order valence-corrected chi connectivity index (χ2v) is 10.9. The van der Waals surface area contributed by atoms with Gasteiger partial charge in [-0.1, -0.05) is 36.8 Å². The van der Waals surface area contributed by atoms with Crippen LogP contribution in [-0.4, -0.2) is 34.2 Å². The molecule has 0 fully saturated rings. The van der Waals surface area contributed by atoms with E-state index in [0.717, 1.165) is 17.7 Å². The summed E-state index contributed by atoms with van der Waals surface area (Å²) in [5.74, 6) is 0.648. The fraction of sp³-hybridized carbons (Fsp3) is 0.276. The van der Waals surface area contributed by atoms with Crippen LogP contribution in [0.1, 0.15) is 49.7 Å². The Morgan fingerprint density at radius 2 is 2.08 bits per heavy atom. The van der Waals surface area contributed by atoms with Crippen molar-refractivity contribution in [3.05, 3.63) is 96.6 Å². The molecule has 0 unspecified atom stereocenters. The van der Waals surface area contributed by atoms with Gasteiger partial charge in [0.2, 0.25) is 0 Å². The topological polar surface area (TPSA) is 109 Å². The maximum atomic E-state index is 13.9. The molecular formula is C29H28N4O5S2. The van der Waals surface area contributed by atoms with Gasteiger partial charge in [-0.25, -0.2) is 19.8 Å². The number of nitrogens with zero attached hydrogens (tertiary/aromatic N) is 4. The van der Waals surface area contributed by atoms with E-state index in [1.165, 1.54) is 23.1 Å². The monoisotopic (exact) mass is 576 g/mol. The second-order valence-electron chi connectivity index (χ2n) is 8.93. The van der Waals surface area contributed by atoms with Crippen LogP contribution in [0.15, 0.2) is 84.4 Å². The second kappa shape index (κ2) is 12.1. The lowest BCUT2D eigenvalue weighted by atomic mass is 9.94. The first-order chi connectivity index (χ1) is 19.4. The maximum Gasteiger partial charge on any atom is 0.338 e. The molecule has 1 atom stereocenters. The summed E-state index contributed by atoms with van der Waals surface area (Å²) in [5, 5.41) is 1.18. The maximum absolute atomic E-state index is 13.9. The number of methoxy groups -OCH3 is 1. The molecule has 1 aliphatic rings. The normalized spacial score (nSPS) is 15.1. The van der Waals surface area contributed by atoms with Gasteiger partial charge in [-0.3, -0.25) is 9.36 Å². The molecule has 9 nitrogen and oxygen atoms in total. The minimum absolute atomic E-state index is 0.212. The number of allylic oxidation sites excluding steroid dienone is 1. The van der Waals surface area contributed by atoms with E-state index in [4.69, 9.17) is 18.9 Å². The van der Waals surface area contributed by atoms with Crippen molar-refractivity contribution in [2.45, 2.75) is 49.9 Å². The number of furan rings is 1. The molecule has 0 saturated heterocycles. The molecule has 1 aromatic carbocycles. The highest BCUT2D eigenvalue weighted by molar-refractivity contribution is 7.99. The summed E-state index contributed by atoms with van der Waals surface area (Å²) in [6.07, 6.45) is 4.74. The van der Waals surface area contributed by atoms with Gasteiger partial charge < -0.3 is 13.9 Å². The molecule has 4 heterocycles. The largest absolute Gasteiger partial charge is 0.497 e. The summed E-state index contributed by atoms with van der Waals surface area (Å²) in [7, 11) is 1.58. The van der Waals surface area contributed by atoms with Gasteiger partial charge in [0.05, 0.1) is 35.6 Å². The van der Waals surface area contributed by atoms with Gasteiger partial charge >= 0.3 is 5.97 Å². The summed E-state index contributed by atoms with van der Waals surface area (Å²) in [6.45, 7) is 5.89. The van der Waals surface area contributed by atoms with Crippen LogP contribution in [0.2, 0.25) is 0 Å². The highest BCUT2D eigenvalue weighted by atomic mass is 32.2. The van der Waals surface area contributed by atoms with Crippen LogP contribution in [0.4, 0.5) is 0 Å². The number of benzene rings is 1. The summed E-state index contributed by atoms with van der Waals surface area (Å²) < 4.78 is 18.9. The first-order valence-electron chi connectivity index (χ1n) is 12.8. The number of ether oxygens (including phenoxy) is 2. The van der Waals surface area contributed by atoms with Gasteiger partial charge in [-0.2, -0.15) is 0 Å². The van der Waals surface area contributed by atoms with Crippen molar-refractivity contribution in [2.75, 3.05) is 13.7 Å². The van der Waals surface area contributed by atoms with Crippen molar-refractivity contribution in [1.29, 1.82) is 0 Å². The van der Waals surface area contributed by atoms with E-state index < -0.39 is 12.0 Å². The zero-order valence-electron chi connectivity index (χ0n) is 22.5. The van der Waals surface area contributed by atoms with Crippen molar-refractivity contribution in [2.24, 2.45) is 4.99 Å². The van der Waals surface area contributed by atoms with Crippen molar-refractivity contribution in [3.63, 3.8) is 0 Å². The standard InChI is InChI=1S/C29H28N4O5S2/c1-5-8-21-24(27(35)37-6-2)25(18-9-7-10-19(15-18)36-4)33-26(34)22(39-29(33)32-21)16-20-11-12-23(38-20)40-28-30-14-13-17(3)31-28/h7,9-16,25H,5-6,8H2,1-4H3/b22-16+/t25-/m0/s1. The van der Waals surface area contributed by atoms with Crippen molar-refractivity contribution >= 4 is 35.1 Å². The van der Waals surface area contributed by atoms with Gasteiger partial charge in [0, 0.05) is 18.0 Å². The molecule has 5 rings (SSSR count). The Morgan fingerprint density at radius 1 is 1.23 bits per heavy atom. The molecule has 0 amide bonds. The quantitative estimate of drug-likeness (QED) is 0.213. The van der Waals surface area contributed by atoms with E-state index in [-0.39, 0.29) is 12.2 Å². The number of esters is 1. The summed E-state index contributed by atoms with van der Waals surface area (Å²) in [6, 6.07) is 12.1. The van der Waals surface area contributed by atoms with E-state index >= 15 is 0 Å². The number of hydrogen-bond donors (Lipinski definition) is 0. The minimum atomic E-state index is -0.713. The molecule has 0 aliphatic carbocycles. The Labute approximate surface area is 238 Å². The number of carbonyl (C=O) groups is 1. The van der Waals surface area contributed by atoms with Gasteiger partial charge in [0.1, 0.15) is 11.5 Å². The van der Waals surface area contributed by atoms with E-state index in [2.05, 4.69) is 9.97 Å². The Bertz CT molecular complexity index is 1770.